The summed E-state index contributed by atoms with van der Waals surface area (Å²) in [6.07, 6.45) is 5.98. The summed E-state index contributed by atoms with van der Waals surface area (Å²) in [6, 6.07) is 14.7. The third kappa shape index (κ3) is 5.32. The minimum absolute atomic E-state index is 0.412. The Kier molecular flexibility index (Phi) is 6.40. The lowest BCUT2D eigenvalue weighted by molar-refractivity contribution is 0.336. The Labute approximate surface area is 169 Å². The molecule has 0 saturated heterocycles. The third-order valence-electron chi connectivity index (χ3n) is 5.41. The fourth-order valence-electron chi connectivity index (χ4n) is 3.49. The Hall–Kier alpha value is -1.92. The van der Waals surface area contributed by atoms with Gasteiger partial charge < -0.3 is 5.32 Å². The molecule has 1 aromatic heterocycles. The number of nitrogens with one attached hydrogen (secondary N) is 2. The molecule has 2 aromatic rings. The Bertz CT molecular complexity index is 868. The van der Waals surface area contributed by atoms with Gasteiger partial charge in [-0.05, 0) is 76.6 Å². The molecular formula is C22H31N3O2S. The monoisotopic (exact) mass is 401 g/mol. The predicted molar refractivity (Wildman–Crippen MR) is 116 cm³/mol. The second kappa shape index (κ2) is 8.62. The van der Waals surface area contributed by atoms with Crippen LogP contribution in [0.2, 0.25) is 0 Å². The zero-order valence-electron chi connectivity index (χ0n) is 17.0. The van der Waals surface area contributed by atoms with Crippen LogP contribution in [-0.2, 0) is 10.0 Å². The maximum absolute atomic E-state index is 12.2. The summed E-state index contributed by atoms with van der Waals surface area (Å²) in [5.41, 5.74) is 3.19. The second-order valence-corrected chi connectivity index (χ2v) is 11.1. The van der Waals surface area contributed by atoms with Gasteiger partial charge in [0.2, 0.25) is 10.0 Å². The van der Waals surface area contributed by atoms with Gasteiger partial charge in [0.05, 0.1) is 10.4 Å². The zero-order chi connectivity index (χ0) is 20.2. The highest BCUT2D eigenvalue weighted by Gasteiger charge is 2.30. The first-order chi connectivity index (χ1) is 13.2. The minimum Gasteiger partial charge on any atom is -0.382 e. The summed E-state index contributed by atoms with van der Waals surface area (Å²) < 4.78 is 26.5. The van der Waals surface area contributed by atoms with Crippen molar-refractivity contribution in [3.05, 3.63) is 48.7 Å². The van der Waals surface area contributed by atoms with Crippen LogP contribution in [0.3, 0.4) is 0 Å². The van der Waals surface area contributed by atoms with Gasteiger partial charge in [0.1, 0.15) is 0 Å². The van der Waals surface area contributed by atoms with Crippen molar-refractivity contribution in [3.8, 4) is 11.3 Å². The molecule has 5 nitrogen and oxygen atoms in total. The molecule has 0 unspecified atom stereocenters. The molecule has 0 aliphatic heterocycles. The Morgan fingerprint density at radius 2 is 1.79 bits per heavy atom. The number of pyridine rings is 1. The summed E-state index contributed by atoms with van der Waals surface area (Å²) in [4.78, 5) is 4.42. The summed E-state index contributed by atoms with van der Waals surface area (Å²) in [7, 11) is -3.26. The molecule has 0 radical (unpaired) electrons. The largest absolute Gasteiger partial charge is 0.382 e. The van der Waals surface area contributed by atoms with Crippen molar-refractivity contribution in [1.29, 1.82) is 0 Å². The summed E-state index contributed by atoms with van der Waals surface area (Å²) in [6.45, 7) is 5.74. The van der Waals surface area contributed by atoms with Crippen LogP contribution >= 0.6 is 0 Å². The third-order valence-corrected chi connectivity index (χ3v) is 7.57. The highest BCUT2D eigenvalue weighted by Crippen LogP contribution is 2.28. The van der Waals surface area contributed by atoms with E-state index < -0.39 is 14.8 Å². The highest BCUT2D eigenvalue weighted by molar-refractivity contribution is 7.90. The fourth-order valence-corrected chi connectivity index (χ4v) is 4.38. The first kappa shape index (κ1) is 20.8. The van der Waals surface area contributed by atoms with E-state index in [-0.39, 0.29) is 0 Å². The van der Waals surface area contributed by atoms with Gasteiger partial charge in [-0.1, -0.05) is 18.2 Å². The molecule has 0 spiro atoms. The molecule has 1 aliphatic rings. The lowest BCUT2D eigenvalue weighted by Gasteiger charge is -2.30. The first-order valence-electron chi connectivity index (χ1n) is 10.0. The standard InChI is InChI=1S/C22H31N3O2S/c1-22(2,3)28(26,27)24-16-17-10-12-19(13-11-17)25-20-8-6-7-18(15-20)21-9-4-5-14-23-21/h4-9,14-15,17,19,24-25H,10-13,16H2,1-3H3/t17-,19-. The minimum atomic E-state index is -3.26. The van der Waals surface area contributed by atoms with Crippen molar-refractivity contribution in [2.45, 2.75) is 57.2 Å². The van der Waals surface area contributed by atoms with Crippen LogP contribution in [0.15, 0.2) is 48.7 Å². The molecule has 0 bridgehead atoms. The maximum Gasteiger partial charge on any atom is 0.216 e. The van der Waals surface area contributed by atoms with E-state index in [4.69, 9.17) is 0 Å². The smallest absolute Gasteiger partial charge is 0.216 e. The van der Waals surface area contributed by atoms with Gasteiger partial charge in [0, 0.05) is 30.0 Å². The molecular weight excluding hydrogens is 370 g/mol. The predicted octanol–water partition coefficient (Wildman–Crippen LogP) is 4.44. The quantitative estimate of drug-likeness (QED) is 0.751. The Morgan fingerprint density at radius 3 is 2.43 bits per heavy atom. The van der Waals surface area contributed by atoms with Crippen LogP contribution in [0.5, 0.6) is 0 Å². The molecule has 0 atom stereocenters. The molecule has 1 aliphatic carbocycles. The Morgan fingerprint density at radius 1 is 1.04 bits per heavy atom. The number of sulfonamides is 1. The van der Waals surface area contributed by atoms with E-state index in [2.05, 4.69) is 39.3 Å². The number of benzene rings is 1. The molecule has 6 heteroatoms. The van der Waals surface area contributed by atoms with Crippen molar-refractivity contribution in [2.75, 3.05) is 11.9 Å². The van der Waals surface area contributed by atoms with Crippen molar-refractivity contribution >= 4 is 15.7 Å². The van der Waals surface area contributed by atoms with E-state index in [1.54, 1.807) is 20.8 Å². The van der Waals surface area contributed by atoms with Crippen LogP contribution < -0.4 is 10.0 Å². The number of aromatic nitrogens is 1. The molecule has 2 N–H and O–H groups in total. The number of rotatable bonds is 6. The normalized spacial score (nSPS) is 20.7. The van der Waals surface area contributed by atoms with Crippen LogP contribution in [0.4, 0.5) is 5.69 Å². The van der Waals surface area contributed by atoms with Crippen LogP contribution in [-0.4, -0.2) is 30.7 Å². The van der Waals surface area contributed by atoms with Crippen LogP contribution in [0.25, 0.3) is 11.3 Å². The molecule has 152 valence electrons. The molecule has 3 rings (SSSR count). The van der Waals surface area contributed by atoms with Gasteiger partial charge in [-0.25, -0.2) is 13.1 Å². The number of hydrogen-bond donors (Lipinski definition) is 2. The molecule has 1 heterocycles. The zero-order valence-corrected chi connectivity index (χ0v) is 17.8. The number of hydrogen-bond acceptors (Lipinski definition) is 4. The molecule has 1 saturated carbocycles. The van der Waals surface area contributed by atoms with E-state index in [0.29, 0.717) is 18.5 Å². The van der Waals surface area contributed by atoms with Crippen LogP contribution in [0, 0.1) is 5.92 Å². The van der Waals surface area contributed by atoms with E-state index in [0.717, 1.165) is 42.6 Å². The van der Waals surface area contributed by atoms with Gasteiger partial charge in [0.15, 0.2) is 0 Å². The summed E-state index contributed by atoms with van der Waals surface area (Å²) in [5.74, 6) is 0.412. The fraction of sp³-hybridized carbons (Fsp3) is 0.500. The molecule has 0 amide bonds. The highest BCUT2D eigenvalue weighted by atomic mass is 32.2. The lowest BCUT2D eigenvalue weighted by atomic mass is 9.86. The van der Waals surface area contributed by atoms with Gasteiger partial charge in [-0.3, -0.25) is 4.98 Å². The van der Waals surface area contributed by atoms with Crippen molar-refractivity contribution < 1.29 is 8.42 Å². The summed E-state index contributed by atoms with van der Waals surface area (Å²) >= 11 is 0. The van der Waals surface area contributed by atoms with Gasteiger partial charge in [-0.2, -0.15) is 0 Å². The SMILES string of the molecule is CC(C)(C)S(=O)(=O)NC[C@H]1CC[C@H](Nc2cccc(-c3ccccn3)c2)CC1. The van der Waals surface area contributed by atoms with Crippen molar-refractivity contribution in [2.24, 2.45) is 5.92 Å². The lowest BCUT2D eigenvalue weighted by Crippen LogP contribution is -2.42. The molecule has 1 fully saturated rings. The van der Waals surface area contributed by atoms with Crippen molar-refractivity contribution in [3.63, 3.8) is 0 Å². The van der Waals surface area contributed by atoms with Gasteiger partial charge in [0.25, 0.3) is 0 Å². The van der Waals surface area contributed by atoms with E-state index in [9.17, 15) is 8.42 Å². The Balaban J connectivity index is 1.51. The average Bonchev–Trinajstić information content (AvgIpc) is 2.67. The topological polar surface area (TPSA) is 71.1 Å². The van der Waals surface area contributed by atoms with Crippen molar-refractivity contribution in [1.82, 2.24) is 9.71 Å². The van der Waals surface area contributed by atoms with Gasteiger partial charge in [-0.15, -0.1) is 0 Å². The first-order valence-corrected chi connectivity index (χ1v) is 11.5. The van der Waals surface area contributed by atoms with E-state index in [1.165, 1.54) is 0 Å². The van der Waals surface area contributed by atoms with Crippen LogP contribution in [0.1, 0.15) is 46.5 Å². The number of nitrogens with zero attached hydrogens (tertiary/aromatic N) is 1. The summed E-state index contributed by atoms with van der Waals surface area (Å²) in [5, 5.41) is 3.64. The van der Waals surface area contributed by atoms with E-state index in [1.807, 2.05) is 24.4 Å². The molecule has 1 aromatic carbocycles. The molecule has 28 heavy (non-hydrogen) atoms. The average molecular weight is 402 g/mol. The second-order valence-electron chi connectivity index (χ2n) is 8.62. The maximum atomic E-state index is 12.2. The number of anilines is 1. The van der Waals surface area contributed by atoms with E-state index >= 15 is 0 Å². The van der Waals surface area contributed by atoms with Gasteiger partial charge >= 0.3 is 0 Å².